The van der Waals surface area contributed by atoms with Gasteiger partial charge in [0.15, 0.2) is 0 Å². The molecule has 0 saturated carbocycles. The molecule has 30 heavy (non-hydrogen) atoms. The summed E-state index contributed by atoms with van der Waals surface area (Å²) in [4.78, 5) is 44.1. The summed E-state index contributed by atoms with van der Waals surface area (Å²) in [5.74, 6) is -0.328. The van der Waals surface area contributed by atoms with Crippen molar-refractivity contribution in [3.05, 3.63) is 52.6 Å². The second-order valence-corrected chi connectivity index (χ2v) is 8.07. The van der Waals surface area contributed by atoms with Crippen LogP contribution >= 0.6 is 15.9 Å². The van der Waals surface area contributed by atoms with E-state index in [9.17, 15) is 14.4 Å². The van der Waals surface area contributed by atoms with E-state index in [-0.39, 0.29) is 11.9 Å². The molecule has 0 atom stereocenters. The highest BCUT2D eigenvalue weighted by atomic mass is 79.9. The Kier molecular flexibility index (Phi) is 7.04. The molecule has 0 bridgehead atoms. The van der Waals surface area contributed by atoms with E-state index in [0.717, 1.165) is 4.47 Å². The molecule has 3 rings (SSSR count). The highest BCUT2D eigenvalue weighted by Crippen LogP contribution is 2.23. The lowest BCUT2D eigenvalue weighted by Crippen LogP contribution is -2.54. The summed E-state index contributed by atoms with van der Waals surface area (Å²) in [5.41, 5.74) is 0.439. The molecule has 2 heterocycles. The van der Waals surface area contributed by atoms with Gasteiger partial charge in [-0.2, -0.15) is 0 Å². The molecule has 8 nitrogen and oxygen atoms in total. The number of pyridine rings is 1. The van der Waals surface area contributed by atoms with Crippen LogP contribution in [0, 0.1) is 0 Å². The Morgan fingerprint density at radius 1 is 1.07 bits per heavy atom. The smallest absolute Gasteiger partial charge is 0.312 e. The number of ether oxygens (including phenoxy) is 1. The van der Waals surface area contributed by atoms with Gasteiger partial charge in [-0.15, -0.1) is 0 Å². The molecule has 1 fully saturated rings. The first-order chi connectivity index (χ1) is 14.3. The molecule has 3 amide bonds. The van der Waals surface area contributed by atoms with Gasteiger partial charge in [0.05, 0.1) is 5.56 Å². The first kappa shape index (κ1) is 21.8. The first-order valence-corrected chi connectivity index (χ1v) is 10.4. The minimum atomic E-state index is -0.616. The molecule has 0 unspecified atom stereocenters. The average molecular weight is 475 g/mol. The number of nitrogens with zero attached hydrogens (tertiary/aromatic N) is 3. The third kappa shape index (κ3) is 5.56. The molecule has 0 spiro atoms. The van der Waals surface area contributed by atoms with Crippen LogP contribution in [0.25, 0.3) is 0 Å². The summed E-state index contributed by atoms with van der Waals surface area (Å²) in [6.45, 7) is 4.93. The Hall–Kier alpha value is -2.94. The van der Waals surface area contributed by atoms with Crippen molar-refractivity contribution in [3.8, 4) is 11.6 Å². The number of rotatable bonds is 4. The van der Waals surface area contributed by atoms with Crippen molar-refractivity contribution in [1.82, 2.24) is 20.1 Å². The van der Waals surface area contributed by atoms with Crippen molar-refractivity contribution in [2.75, 3.05) is 26.2 Å². The lowest BCUT2D eigenvalue weighted by molar-refractivity contribution is -0.147. The minimum absolute atomic E-state index is 0.104. The van der Waals surface area contributed by atoms with Crippen molar-refractivity contribution in [1.29, 1.82) is 0 Å². The molecule has 1 aromatic heterocycles. The van der Waals surface area contributed by atoms with Crippen molar-refractivity contribution in [2.45, 2.75) is 19.9 Å². The number of hydrogen-bond acceptors (Lipinski definition) is 5. The average Bonchev–Trinajstić information content (AvgIpc) is 2.73. The molecule has 1 aliphatic rings. The van der Waals surface area contributed by atoms with E-state index >= 15 is 0 Å². The van der Waals surface area contributed by atoms with E-state index in [4.69, 9.17) is 4.74 Å². The lowest BCUT2D eigenvalue weighted by atomic mass is 10.2. The largest absolute Gasteiger partial charge is 0.439 e. The van der Waals surface area contributed by atoms with Gasteiger partial charge in [0, 0.05) is 49.0 Å². The Balaban J connectivity index is 1.55. The van der Waals surface area contributed by atoms with E-state index in [1.54, 1.807) is 30.9 Å². The Morgan fingerprint density at radius 2 is 1.77 bits per heavy atom. The summed E-state index contributed by atoms with van der Waals surface area (Å²) in [7, 11) is 0. The van der Waals surface area contributed by atoms with Gasteiger partial charge in [-0.3, -0.25) is 14.4 Å². The summed E-state index contributed by atoms with van der Waals surface area (Å²) < 4.78 is 6.58. The van der Waals surface area contributed by atoms with Crippen LogP contribution in [-0.4, -0.2) is 64.7 Å². The number of nitrogens with one attached hydrogen (secondary N) is 1. The third-order valence-electron chi connectivity index (χ3n) is 4.47. The fourth-order valence-corrected chi connectivity index (χ4v) is 3.36. The molecular formula is C21H23BrN4O4. The molecule has 0 aliphatic carbocycles. The molecule has 1 aromatic carbocycles. The number of hydrogen-bond donors (Lipinski definition) is 1. The van der Waals surface area contributed by atoms with Gasteiger partial charge in [0.2, 0.25) is 5.88 Å². The van der Waals surface area contributed by atoms with Crippen LogP contribution in [-0.2, 0) is 9.59 Å². The maximum Gasteiger partial charge on any atom is 0.312 e. The Labute approximate surface area is 183 Å². The van der Waals surface area contributed by atoms with Gasteiger partial charge in [0.25, 0.3) is 5.91 Å². The van der Waals surface area contributed by atoms with Crippen molar-refractivity contribution in [2.24, 2.45) is 0 Å². The number of amides is 3. The molecule has 1 N–H and O–H groups in total. The van der Waals surface area contributed by atoms with Gasteiger partial charge in [-0.1, -0.05) is 22.0 Å². The number of halogens is 1. The second kappa shape index (κ2) is 9.71. The Morgan fingerprint density at radius 3 is 2.37 bits per heavy atom. The van der Waals surface area contributed by atoms with Crippen LogP contribution < -0.4 is 10.1 Å². The quantitative estimate of drug-likeness (QED) is 0.687. The number of benzene rings is 1. The zero-order valence-electron chi connectivity index (χ0n) is 16.8. The molecule has 158 valence electrons. The van der Waals surface area contributed by atoms with Crippen LogP contribution in [0.15, 0.2) is 47.1 Å². The summed E-state index contributed by atoms with van der Waals surface area (Å²) in [6, 6.07) is 10.6. The van der Waals surface area contributed by atoms with Crippen LogP contribution in [0.5, 0.6) is 11.6 Å². The summed E-state index contributed by atoms with van der Waals surface area (Å²) in [6.07, 6.45) is 1.48. The zero-order chi connectivity index (χ0) is 21.7. The van der Waals surface area contributed by atoms with Crippen LogP contribution in [0.2, 0.25) is 0 Å². The van der Waals surface area contributed by atoms with Gasteiger partial charge in [-0.25, -0.2) is 4.98 Å². The summed E-state index contributed by atoms with van der Waals surface area (Å²) >= 11 is 3.38. The first-order valence-electron chi connectivity index (χ1n) is 9.62. The van der Waals surface area contributed by atoms with E-state index in [0.29, 0.717) is 43.4 Å². The number of piperazine rings is 1. The van der Waals surface area contributed by atoms with Crippen LogP contribution in [0.3, 0.4) is 0 Å². The maximum atomic E-state index is 12.7. The van der Waals surface area contributed by atoms with Gasteiger partial charge < -0.3 is 19.9 Å². The third-order valence-corrected chi connectivity index (χ3v) is 4.96. The Bertz CT molecular complexity index is 925. The predicted octanol–water partition coefficient (Wildman–Crippen LogP) is 2.45. The fourth-order valence-electron chi connectivity index (χ4n) is 2.98. The van der Waals surface area contributed by atoms with Crippen LogP contribution in [0.4, 0.5) is 0 Å². The second-order valence-electron chi connectivity index (χ2n) is 7.16. The zero-order valence-corrected chi connectivity index (χ0v) is 18.4. The highest BCUT2D eigenvalue weighted by molar-refractivity contribution is 9.10. The lowest BCUT2D eigenvalue weighted by Gasteiger charge is -2.34. The highest BCUT2D eigenvalue weighted by Gasteiger charge is 2.28. The van der Waals surface area contributed by atoms with Gasteiger partial charge in [-0.05, 0) is 38.1 Å². The standard InChI is InChI=1S/C21H23BrN4O4/c1-14(2)24-19(27)21(29)26-10-8-25(9-11-26)20(28)15-6-7-18(23-13-15)30-17-5-3-4-16(22)12-17/h3-7,12-14H,8-11H2,1-2H3,(H,24,27). The number of aromatic nitrogens is 1. The van der Waals surface area contributed by atoms with E-state index in [1.807, 2.05) is 24.3 Å². The maximum absolute atomic E-state index is 12.7. The number of carbonyl (C=O) groups is 3. The SMILES string of the molecule is CC(C)NC(=O)C(=O)N1CCN(C(=O)c2ccc(Oc3cccc(Br)c3)nc2)CC1. The predicted molar refractivity (Wildman–Crippen MR) is 114 cm³/mol. The van der Waals surface area contributed by atoms with E-state index in [1.165, 1.54) is 11.1 Å². The normalized spacial score (nSPS) is 13.9. The fraction of sp³-hybridized carbons (Fsp3) is 0.333. The molecular weight excluding hydrogens is 452 g/mol. The number of carbonyl (C=O) groups excluding carboxylic acids is 3. The van der Waals surface area contributed by atoms with E-state index < -0.39 is 11.8 Å². The molecule has 1 saturated heterocycles. The van der Waals surface area contributed by atoms with Gasteiger partial charge in [0.1, 0.15) is 5.75 Å². The topological polar surface area (TPSA) is 91.8 Å². The molecule has 9 heteroatoms. The van der Waals surface area contributed by atoms with Crippen molar-refractivity contribution < 1.29 is 19.1 Å². The molecule has 0 radical (unpaired) electrons. The minimum Gasteiger partial charge on any atom is -0.439 e. The van der Waals surface area contributed by atoms with Gasteiger partial charge >= 0.3 is 11.8 Å². The van der Waals surface area contributed by atoms with E-state index in [2.05, 4.69) is 26.2 Å². The van der Waals surface area contributed by atoms with Crippen molar-refractivity contribution in [3.63, 3.8) is 0 Å². The summed E-state index contributed by atoms with van der Waals surface area (Å²) in [5, 5.41) is 2.59. The monoisotopic (exact) mass is 474 g/mol. The van der Waals surface area contributed by atoms with Crippen LogP contribution in [0.1, 0.15) is 24.2 Å². The van der Waals surface area contributed by atoms with Crippen molar-refractivity contribution >= 4 is 33.7 Å². The molecule has 1 aliphatic heterocycles. The molecule has 2 aromatic rings.